The number of anilines is 1. The van der Waals surface area contributed by atoms with Crippen molar-refractivity contribution < 1.29 is 4.74 Å². The highest BCUT2D eigenvalue weighted by molar-refractivity contribution is 5.66. The lowest BCUT2D eigenvalue weighted by Gasteiger charge is -2.36. The van der Waals surface area contributed by atoms with E-state index in [1.165, 1.54) is 6.42 Å². The lowest BCUT2D eigenvalue weighted by Crippen LogP contribution is -2.39. The molecule has 130 valence electrons. The molecule has 0 aliphatic carbocycles. The third-order valence-electron chi connectivity index (χ3n) is 4.81. The van der Waals surface area contributed by atoms with Gasteiger partial charge in [0, 0.05) is 24.7 Å². The summed E-state index contributed by atoms with van der Waals surface area (Å²) in [6.45, 7) is 6.69. The summed E-state index contributed by atoms with van der Waals surface area (Å²) in [7, 11) is 1.67. The van der Waals surface area contributed by atoms with E-state index >= 15 is 0 Å². The maximum absolute atomic E-state index is 5.25. The Morgan fingerprint density at radius 1 is 1.08 bits per heavy atom. The molecule has 0 unspecified atom stereocenters. The third-order valence-corrected chi connectivity index (χ3v) is 4.81. The fourth-order valence-electron chi connectivity index (χ4n) is 3.78. The van der Waals surface area contributed by atoms with Gasteiger partial charge in [0.05, 0.1) is 12.8 Å². The molecule has 1 saturated heterocycles. The molecule has 3 aromatic rings. The molecular formula is C19H23N5O. The summed E-state index contributed by atoms with van der Waals surface area (Å²) in [4.78, 5) is 11.4. The summed E-state index contributed by atoms with van der Waals surface area (Å²) in [5, 5.41) is 4.39. The second-order valence-corrected chi connectivity index (χ2v) is 7.05. The maximum Gasteiger partial charge on any atom is 0.254 e. The highest BCUT2D eigenvalue weighted by atomic mass is 16.5. The molecule has 0 amide bonds. The third kappa shape index (κ3) is 3.04. The second-order valence-electron chi connectivity index (χ2n) is 7.05. The number of hydrogen-bond acceptors (Lipinski definition) is 5. The zero-order valence-corrected chi connectivity index (χ0v) is 14.9. The van der Waals surface area contributed by atoms with Crippen molar-refractivity contribution in [3.8, 4) is 17.0 Å². The first-order valence-corrected chi connectivity index (χ1v) is 8.74. The molecular weight excluding hydrogens is 314 g/mol. The zero-order chi connectivity index (χ0) is 17.4. The molecule has 0 N–H and O–H groups in total. The largest absolute Gasteiger partial charge is 0.497 e. The van der Waals surface area contributed by atoms with E-state index in [9.17, 15) is 0 Å². The average Bonchev–Trinajstić information content (AvgIpc) is 3.08. The number of fused-ring (bicyclic) bond motifs is 1. The number of ether oxygens (including phenoxy) is 1. The minimum Gasteiger partial charge on any atom is -0.497 e. The molecule has 6 nitrogen and oxygen atoms in total. The molecule has 1 aromatic carbocycles. The number of benzene rings is 1. The Bertz CT molecular complexity index is 863. The monoisotopic (exact) mass is 337 g/mol. The summed E-state index contributed by atoms with van der Waals surface area (Å²) in [5.41, 5.74) is 1.95. The first-order valence-electron chi connectivity index (χ1n) is 8.74. The highest BCUT2D eigenvalue weighted by Gasteiger charge is 2.24. The Morgan fingerprint density at radius 2 is 1.80 bits per heavy atom. The van der Waals surface area contributed by atoms with Crippen LogP contribution in [-0.4, -0.2) is 39.8 Å². The van der Waals surface area contributed by atoms with Crippen molar-refractivity contribution >= 4 is 11.6 Å². The van der Waals surface area contributed by atoms with Crippen LogP contribution in [0.1, 0.15) is 20.3 Å². The van der Waals surface area contributed by atoms with E-state index in [4.69, 9.17) is 4.74 Å². The van der Waals surface area contributed by atoms with E-state index in [-0.39, 0.29) is 0 Å². The number of aromatic nitrogens is 4. The summed E-state index contributed by atoms with van der Waals surface area (Å²) >= 11 is 0. The van der Waals surface area contributed by atoms with Crippen LogP contribution in [0.4, 0.5) is 5.82 Å². The molecule has 6 heteroatoms. The molecule has 1 aliphatic rings. The Labute approximate surface area is 147 Å². The van der Waals surface area contributed by atoms with Crippen LogP contribution in [0.3, 0.4) is 0 Å². The lowest BCUT2D eigenvalue weighted by molar-refractivity contribution is 0.354. The minimum absolute atomic E-state index is 0.634. The van der Waals surface area contributed by atoms with Crippen LogP contribution < -0.4 is 9.64 Å². The Balaban J connectivity index is 1.79. The standard InChI is InChI=1S/C19H23N5O/c1-13-8-14(2)11-23(10-13)18-9-17(22-19-20-12-21-24(18)19)15-4-6-16(25-3)7-5-15/h4-7,9,12-14H,8,10-11H2,1-3H3/t13-,14+. The summed E-state index contributed by atoms with van der Waals surface area (Å²) in [6, 6.07) is 10.1. The molecule has 0 radical (unpaired) electrons. The number of rotatable bonds is 3. The van der Waals surface area contributed by atoms with Crippen LogP contribution in [0.15, 0.2) is 36.7 Å². The van der Waals surface area contributed by atoms with Gasteiger partial charge in [-0.1, -0.05) is 13.8 Å². The van der Waals surface area contributed by atoms with Crippen molar-refractivity contribution in [2.75, 3.05) is 25.1 Å². The van der Waals surface area contributed by atoms with E-state index in [1.807, 2.05) is 28.8 Å². The average molecular weight is 337 g/mol. The lowest BCUT2D eigenvalue weighted by atomic mass is 9.92. The van der Waals surface area contributed by atoms with Gasteiger partial charge in [-0.05, 0) is 42.5 Å². The molecule has 0 bridgehead atoms. The normalized spacial score (nSPS) is 20.8. The highest BCUT2D eigenvalue weighted by Crippen LogP contribution is 2.29. The van der Waals surface area contributed by atoms with Crippen molar-refractivity contribution in [2.24, 2.45) is 11.8 Å². The maximum atomic E-state index is 5.25. The van der Waals surface area contributed by atoms with Crippen LogP contribution in [0.25, 0.3) is 17.0 Å². The van der Waals surface area contributed by atoms with Gasteiger partial charge in [0.25, 0.3) is 5.78 Å². The van der Waals surface area contributed by atoms with Gasteiger partial charge in [-0.3, -0.25) is 0 Å². The SMILES string of the molecule is COc1ccc(-c2cc(N3C[C@H](C)C[C@H](C)C3)n3ncnc3n2)cc1. The van der Waals surface area contributed by atoms with E-state index in [0.717, 1.165) is 35.9 Å². The van der Waals surface area contributed by atoms with Gasteiger partial charge in [0.15, 0.2) is 0 Å². The number of piperidine rings is 1. The molecule has 4 rings (SSSR count). The predicted molar refractivity (Wildman–Crippen MR) is 97.9 cm³/mol. The molecule has 25 heavy (non-hydrogen) atoms. The molecule has 3 heterocycles. The van der Waals surface area contributed by atoms with E-state index < -0.39 is 0 Å². The second kappa shape index (κ2) is 6.35. The quantitative estimate of drug-likeness (QED) is 0.734. The van der Waals surface area contributed by atoms with Gasteiger partial charge in [-0.25, -0.2) is 4.98 Å². The predicted octanol–water partition coefficient (Wildman–Crippen LogP) is 3.28. The smallest absolute Gasteiger partial charge is 0.254 e. The van der Waals surface area contributed by atoms with Gasteiger partial charge in [0.1, 0.15) is 17.9 Å². The molecule has 0 spiro atoms. The van der Waals surface area contributed by atoms with Crippen LogP contribution in [0.5, 0.6) is 5.75 Å². The van der Waals surface area contributed by atoms with Crippen LogP contribution in [0, 0.1) is 11.8 Å². The first kappa shape index (κ1) is 15.9. The van der Waals surface area contributed by atoms with Crippen LogP contribution >= 0.6 is 0 Å². The molecule has 2 atom stereocenters. The van der Waals surface area contributed by atoms with Crippen molar-refractivity contribution in [1.29, 1.82) is 0 Å². The number of methoxy groups -OCH3 is 1. The van der Waals surface area contributed by atoms with Gasteiger partial charge in [-0.2, -0.15) is 14.6 Å². The van der Waals surface area contributed by atoms with E-state index in [1.54, 1.807) is 13.4 Å². The van der Waals surface area contributed by atoms with Gasteiger partial charge in [0.2, 0.25) is 0 Å². The fraction of sp³-hybridized carbons (Fsp3) is 0.421. The van der Waals surface area contributed by atoms with Crippen molar-refractivity contribution in [3.63, 3.8) is 0 Å². The fourth-order valence-corrected chi connectivity index (χ4v) is 3.78. The Kier molecular flexibility index (Phi) is 4.03. The van der Waals surface area contributed by atoms with Gasteiger partial charge in [-0.15, -0.1) is 0 Å². The van der Waals surface area contributed by atoms with E-state index in [2.05, 4.69) is 39.9 Å². The molecule has 2 aromatic heterocycles. The molecule has 1 aliphatic heterocycles. The van der Waals surface area contributed by atoms with Crippen molar-refractivity contribution in [3.05, 3.63) is 36.7 Å². The summed E-state index contributed by atoms with van der Waals surface area (Å²) in [6.07, 6.45) is 2.84. The van der Waals surface area contributed by atoms with Crippen LogP contribution in [0.2, 0.25) is 0 Å². The number of nitrogens with zero attached hydrogens (tertiary/aromatic N) is 5. The van der Waals surface area contributed by atoms with Crippen molar-refractivity contribution in [2.45, 2.75) is 20.3 Å². The topological polar surface area (TPSA) is 55.6 Å². The Morgan fingerprint density at radius 3 is 2.48 bits per heavy atom. The van der Waals surface area contributed by atoms with Gasteiger partial charge >= 0.3 is 0 Å². The van der Waals surface area contributed by atoms with Gasteiger partial charge < -0.3 is 9.64 Å². The Hall–Kier alpha value is -2.63. The number of hydrogen-bond donors (Lipinski definition) is 0. The van der Waals surface area contributed by atoms with Crippen LogP contribution in [-0.2, 0) is 0 Å². The van der Waals surface area contributed by atoms with Crippen molar-refractivity contribution in [1.82, 2.24) is 19.6 Å². The summed E-state index contributed by atoms with van der Waals surface area (Å²) < 4.78 is 7.10. The summed E-state index contributed by atoms with van der Waals surface area (Å²) in [5.74, 6) is 3.87. The zero-order valence-electron chi connectivity index (χ0n) is 14.9. The first-order chi connectivity index (χ1) is 12.1. The van der Waals surface area contributed by atoms with E-state index in [0.29, 0.717) is 17.6 Å². The molecule has 1 fully saturated rings. The minimum atomic E-state index is 0.634. The molecule has 0 saturated carbocycles.